The van der Waals surface area contributed by atoms with Gasteiger partial charge in [0.05, 0.1) is 12.3 Å². The van der Waals surface area contributed by atoms with E-state index in [1.807, 2.05) is 43.3 Å². The summed E-state index contributed by atoms with van der Waals surface area (Å²) in [4.78, 5) is 4.67. The molecule has 0 saturated carbocycles. The average Bonchev–Trinajstić information content (AvgIpc) is 2.85. The molecular formula is C16H16N2O. The van der Waals surface area contributed by atoms with E-state index in [-0.39, 0.29) is 0 Å². The molecule has 0 bridgehead atoms. The zero-order valence-electron chi connectivity index (χ0n) is 11.1. The predicted molar refractivity (Wildman–Crippen MR) is 76.5 cm³/mol. The molecule has 2 heterocycles. The van der Waals surface area contributed by atoms with Crippen molar-refractivity contribution in [2.24, 2.45) is 0 Å². The maximum absolute atomic E-state index is 5.67. The first-order chi connectivity index (χ1) is 9.29. The van der Waals surface area contributed by atoms with Crippen molar-refractivity contribution in [2.45, 2.75) is 13.8 Å². The van der Waals surface area contributed by atoms with Crippen molar-refractivity contribution in [1.29, 1.82) is 0 Å². The van der Waals surface area contributed by atoms with Crippen molar-refractivity contribution in [1.82, 2.24) is 9.38 Å². The molecule has 2 aromatic heterocycles. The molecule has 3 rings (SSSR count). The lowest BCUT2D eigenvalue weighted by Crippen LogP contribution is -1.93. The Kier molecular flexibility index (Phi) is 2.95. The fourth-order valence-corrected chi connectivity index (χ4v) is 2.24. The zero-order chi connectivity index (χ0) is 13.2. The van der Waals surface area contributed by atoms with Gasteiger partial charge in [0.25, 0.3) is 0 Å². The van der Waals surface area contributed by atoms with Crippen LogP contribution in [0.1, 0.15) is 12.6 Å². The molecule has 0 atom stereocenters. The number of hydrogen-bond donors (Lipinski definition) is 0. The molecule has 0 amide bonds. The highest BCUT2D eigenvalue weighted by Gasteiger charge is 2.10. The minimum atomic E-state index is 0.656. The van der Waals surface area contributed by atoms with Crippen LogP contribution in [0.3, 0.4) is 0 Å². The average molecular weight is 252 g/mol. The Morgan fingerprint density at radius 2 is 1.95 bits per heavy atom. The van der Waals surface area contributed by atoms with Gasteiger partial charge in [-0.05, 0) is 38.1 Å². The first-order valence-corrected chi connectivity index (χ1v) is 6.46. The number of aryl methyl sites for hydroxylation is 1. The Balaban J connectivity index is 2.17. The van der Waals surface area contributed by atoms with Crippen molar-refractivity contribution < 1.29 is 4.74 Å². The molecule has 0 aliphatic carbocycles. The molecule has 0 aliphatic heterocycles. The molecule has 96 valence electrons. The molecule has 19 heavy (non-hydrogen) atoms. The molecule has 0 radical (unpaired) electrons. The summed E-state index contributed by atoms with van der Waals surface area (Å²) in [5.41, 5.74) is 4.11. The molecule has 3 nitrogen and oxygen atoms in total. The Hall–Kier alpha value is -2.29. The van der Waals surface area contributed by atoms with E-state index < -0.39 is 0 Å². The zero-order valence-corrected chi connectivity index (χ0v) is 11.1. The number of pyridine rings is 1. The standard InChI is InChI=1S/C16H16N2O/c1-3-19-15-9-5-4-8-13(15)14-11-18-12(2)7-6-10-16(18)17-14/h4-11H,3H2,1-2H3. The summed E-state index contributed by atoms with van der Waals surface area (Å²) in [6.07, 6.45) is 2.06. The van der Waals surface area contributed by atoms with Gasteiger partial charge in [-0.2, -0.15) is 0 Å². The second-order valence-corrected chi connectivity index (χ2v) is 4.45. The van der Waals surface area contributed by atoms with Crippen LogP contribution in [0.2, 0.25) is 0 Å². The minimum Gasteiger partial charge on any atom is -0.493 e. The Bertz CT molecular complexity index is 716. The highest BCUT2D eigenvalue weighted by molar-refractivity contribution is 5.69. The van der Waals surface area contributed by atoms with Crippen molar-refractivity contribution >= 4 is 5.65 Å². The van der Waals surface area contributed by atoms with Crippen LogP contribution < -0.4 is 4.74 Å². The van der Waals surface area contributed by atoms with Gasteiger partial charge in [-0.15, -0.1) is 0 Å². The van der Waals surface area contributed by atoms with E-state index in [0.29, 0.717) is 6.61 Å². The molecular weight excluding hydrogens is 236 g/mol. The van der Waals surface area contributed by atoms with Gasteiger partial charge in [0.1, 0.15) is 11.4 Å². The lowest BCUT2D eigenvalue weighted by Gasteiger charge is -2.07. The number of hydrogen-bond acceptors (Lipinski definition) is 2. The first-order valence-electron chi connectivity index (χ1n) is 6.46. The van der Waals surface area contributed by atoms with E-state index in [1.54, 1.807) is 0 Å². The van der Waals surface area contributed by atoms with E-state index in [2.05, 4.69) is 28.6 Å². The predicted octanol–water partition coefficient (Wildman–Crippen LogP) is 3.71. The molecule has 0 saturated heterocycles. The number of ether oxygens (including phenoxy) is 1. The second-order valence-electron chi connectivity index (χ2n) is 4.45. The van der Waals surface area contributed by atoms with Gasteiger partial charge >= 0.3 is 0 Å². The van der Waals surface area contributed by atoms with Gasteiger partial charge in [0.2, 0.25) is 0 Å². The molecule has 0 aliphatic rings. The van der Waals surface area contributed by atoms with Gasteiger partial charge in [-0.25, -0.2) is 4.98 Å². The fraction of sp³-hybridized carbons (Fsp3) is 0.188. The third-order valence-corrected chi connectivity index (χ3v) is 3.16. The lowest BCUT2D eigenvalue weighted by molar-refractivity contribution is 0.341. The molecule has 0 N–H and O–H groups in total. The Morgan fingerprint density at radius 3 is 2.74 bits per heavy atom. The van der Waals surface area contributed by atoms with Crippen LogP contribution in [0.4, 0.5) is 0 Å². The summed E-state index contributed by atoms with van der Waals surface area (Å²) < 4.78 is 7.76. The smallest absolute Gasteiger partial charge is 0.137 e. The molecule has 0 spiro atoms. The summed E-state index contributed by atoms with van der Waals surface area (Å²) in [7, 11) is 0. The van der Waals surface area contributed by atoms with Gasteiger partial charge < -0.3 is 9.14 Å². The van der Waals surface area contributed by atoms with Crippen LogP contribution in [0, 0.1) is 6.92 Å². The largest absolute Gasteiger partial charge is 0.493 e. The summed E-state index contributed by atoms with van der Waals surface area (Å²) in [5.74, 6) is 0.881. The normalized spacial score (nSPS) is 10.8. The third-order valence-electron chi connectivity index (χ3n) is 3.16. The van der Waals surface area contributed by atoms with E-state index in [1.165, 1.54) is 5.69 Å². The molecule has 0 fully saturated rings. The maximum atomic E-state index is 5.67. The van der Waals surface area contributed by atoms with E-state index in [9.17, 15) is 0 Å². The maximum Gasteiger partial charge on any atom is 0.137 e. The number of imidazole rings is 1. The van der Waals surface area contributed by atoms with Crippen LogP contribution >= 0.6 is 0 Å². The van der Waals surface area contributed by atoms with Crippen LogP contribution in [0.25, 0.3) is 16.9 Å². The molecule has 3 aromatic rings. The molecule has 1 aromatic carbocycles. The highest BCUT2D eigenvalue weighted by atomic mass is 16.5. The number of aromatic nitrogens is 2. The summed E-state index contributed by atoms with van der Waals surface area (Å²) in [6.45, 7) is 4.72. The third kappa shape index (κ3) is 2.08. The van der Waals surface area contributed by atoms with E-state index >= 15 is 0 Å². The molecule has 3 heteroatoms. The van der Waals surface area contributed by atoms with E-state index in [0.717, 1.165) is 22.7 Å². The van der Waals surface area contributed by atoms with Crippen LogP contribution in [-0.2, 0) is 0 Å². The monoisotopic (exact) mass is 252 g/mol. The van der Waals surface area contributed by atoms with E-state index in [4.69, 9.17) is 4.74 Å². The van der Waals surface area contributed by atoms with Crippen molar-refractivity contribution in [3.8, 4) is 17.0 Å². The number of nitrogens with zero attached hydrogens (tertiary/aromatic N) is 2. The van der Waals surface area contributed by atoms with Crippen molar-refractivity contribution in [2.75, 3.05) is 6.61 Å². The lowest BCUT2D eigenvalue weighted by atomic mass is 10.1. The number of para-hydroxylation sites is 1. The van der Waals surface area contributed by atoms with Crippen LogP contribution in [-0.4, -0.2) is 16.0 Å². The number of rotatable bonds is 3. The summed E-state index contributed by atoms with van der Waals surface area (Å²) in [5, 5.41) is 0. The van der Waals surface area contributed by atoms with Gasteiger partial charge in [-0.3, -0.25) is 0 Å². The number of benzene rings is 1. The second kappa shape index (κ2) is 4.76. The van der Waals surface area contributed by atoms with Crippen molar-refractivity contribution in [3.05, 3.63) is 54.4 Å². The molecule has 0 unspecified atom stereocenters. The van der Waals surface area contributed by atoms with Crippen LogP contribution in [0.15, 0.2) is 48.7 Å². The fourth-order valence-electron chi connectivity index (χ4n) is 2.24. The van der Waals surface area contributed by atoms with Crippen molar-refractivity contribution in [3.63, 3.8) is 0 Å². The van der Waals surface area contributed by atoms with Gasteiger partial charge in [-0.1, -0.05) is 18.2 Å². The Morgan fingerprint density at radius 1 is 1.11 bits per heavy atom. The SMILES string of the molecule is CCOc1ccccc1-c1cn2c(C)cccc2n1. The number of fused-ring (bicyclic) bond motifs is 1. The van der Waals surface area contributed by atoms with Gasteiger partial charge in [0.15, 0.2) is 0 Å². The quantitative estimate of drug-likeness (QED) is 0.710. The van der Waals surface area contributed by atoms with Gasteiger partial charge in [0, 0.05) is 17.5 Å². The Labute approximate surface area is 112 Å². The topological polar surface area (TPSA) is 26.5 Å². The first kappa shape index (κ1) is 11.8. The van der Waals surface area contributed by atoms with Crippen LogP contribution in [0.5, 0.6) is 5.75 Å². The highest BCUT2D eigenvalue weighted by Crippen LogP contribution is 2.29. The minimum absolute atomic E-state index is 0.656. The summed E-state index contributed by atoms with van der Waals surface area (Å²) >= 11 is 0. The summed E-state index contributed by atoms with van der Waals surface area (Å²) in [6, 6.07) is 14.1.